The smallest absolute Gasteiger partial charge is 0.252 e. The van der Waals surface area contributed by atoms with Crippen molar-refractivity contribution < 1.29 is 0 Å². The van der Waals surface area contributed by atoms with Gasteiger partial charge in [0, 0.05) is 34.1 Å². The lowest BCUT2D eigenvalue weighted by Gasteiger charge is -2.49. The molecular formula is C57H69BN2. The van der Waals surface area contributed by atoms with Gasteiger partial charge in [-0.1, -0.05) is 119 Å². The Morgan fingerprint density at radius 1 is 0.367 bits per heavy atom. The molecule has 0 saturated carbocycles. The number of nitrogens with zero attached hydrogens (tertiary/aromatic N) is 2. The molecule has 0 N–H and O–H groups in total. The van der Waals surface area contributed by atoms with E-state index in [-0.39, 0.29) is 39.2 Å². The van der Waals surface area contributed by atoms with Crippen molar-refractivity contribution in [3.8, 4) is 0 Å². The topological polar surface area (TPSA) is 6.48 Å². The molecule has 5 aromatic rings. The quantitative estimate of drug-likeness (QED) is 0.161. The van der Waals surface area contributed by atoms with E-state index in [1.807, 2.05) is 0 Å². The Hall–Kier alpha value is -4.24. The van der Waals surface area contributed by atoms with Crippen LogP contribution < -0.4 is 26.2 Å². The minimum atomic E-state index is 0.0877. The van der Waals surface area contributed by atoms with Crippen LogP contribution in [0.1, 0.15) is 172 Å². The largest absolute Gasteiger partial charge is 0.311 e. The van der Waals surface area contributed by atoms with Crippen molar-refractivity contribution in [1.82, 2.24) is 0 Å². The molecule has 60 heavy (non-hydrogen) atoms. The Balaban J connectivity index is 1.35. The summed E-state index contributed by atoms with van der Waals surface area (Å²) < 4.78 is 0. The van der Waals surface area contributed by atoms with Gasteiger partial charge < -0.3 is 9.80 Å². The lowest BCUT2D eigenvalue weighted by Crippen LogP contribution is -2.62. The van der Waals surface area contributed by atoms with Crippen LogP contribution in [0.5, 0.6) is 0 Å². The van der Waals surface area contributed by atoms with Crippen molar-refractivity contribution in [2.75, 3.05) is 9.80 Å². The fourth-order valence-electron chi connectivity index (χ4n) is 12.6. The van der Waals surface area contributed by atoms with Crippen molar-refractivity contribution in [3.05, 3.63) is 123 Å². The number of rotatable bonds is 2. The summed E-state index contributed by atoms with van der Waals surface area (Å²) in [7, 11) is 0. The van der Waals surface area contributed by atoms with Crippen LogP contribution in [0, 0.1) is 20.8 Å². The second-order valence-electron chi connectivity index (χ2n) is 24.1. The fraction of sp³-hybridized carbons (Fsp3) is 0.474. The Bertz CT molecular complexity index is 2670. The molecule has 0 fully saturated rings. The molecule has 2 aliphatic heterocycles. The van der Waals surface area contributed by atoms with E-state index in [0.717, 1.165) is 0 Å². The molecule has 2 heterocycles. The molecule has 0 saturated heterocycles. The van der Waals surface area contributed by atoms with Crippen LogP contribution in [0.2, 0.25) is 0 Å². The van der Waals surface area contributed by atoms with Crippen LogP contribution in [0.4, 0.5) is 34.1 Å². The van der Waals surface area contributed by atoms with Gasteiger partial charge in [-0.05, 0) is 195 Å². The van der Waals surface area contributed by atoms with Crippen molar-refractivity contribution >= 4 is 57.2 Å². The molecule has 0 bridgehead atoms. The van der Waals surface area contributed by atoms with Crippen LogP contribution in [-0.2, 0) is 32.5 Å². The second-order valence-corrected chi connectivity index (χ2v) is 24.1. The minimum Gasteiger partial charge on any atom is -0.311 e. The normalized spacial score (nSPS) is 21.6. The van der Waals surface area contributed by atoms with E-state index in [0.29, 0.717) is 0 Å². The number of hydrogen-bond acceptors (Lipinski definition) is 2. The molecular weight excluding hydrogens is 723 g/mol. The minimum absolute atomic E-state index is 0.0877. The average Bonchev–Trinajstić information content (AvgIpc) is 3.16. The molecule has 5 aromatic carbocycles. The molecule has 5 aliphatic rings. The highest BCUT2D eigenvalue weighted by Gasteiger charge is 2.49. The molecule has 0 aromatic heterocycles. The van der Waals surface area contributed by atoms with Crippen molar-refractivity contribution in [1.29, 1.82) is 0 Å². The highest BCUT2D eigenvalue weighted by molar-refractivity contribution is 7.00. The van der Waals surface area contributed by atoms with Gasteiger partial charge in [0.1, 0.15) is 0 Å². The van der Waals surface area contributed by atoms with E-state index >= 15 is 0 Å². The molecule has 310 valence electrons. The Morgan fingerprint density at radius 2 is 0.783 bits per heavy atom. The molecule has 0 atom stereocenters. The predicted octanol–water partition coefficient (Wildman–Crippen LogP) is 13.7. The molecule has 0 radical (unpaired) electrons. The van der Waals surface area contributed by atoms with E-state index in [2.05, 4.69) is 186 Å². The third-order valence-corrected chi connectivity index (χ3v) is 16.8. The van der Waals surface area contributed by atoms with Crippen LogP contribution >= 0.6 is 0 Å². The molecule has 3 aliphatic carbocycles. The first-order valence-electron chi connectivity index (χ1n) is 23.3. The summed E-state index contributed by atoms with van der Waals surface area (Å²) in [5.41, 5.74) is 26.0. The third-order valence-electron chi connectivity index (χ3n) is 16.8. The van der Waals surface area contributed by atoms with E-state index in [9.17, 15) is 0 Å². The second kappa shape index (κ2) is 12.4. The van der Waals surface area contributed by atoms with Gasteiger partial charge in [-0.25, -0.2) is 0 Å². The summed E-state index contributed by atoms with van der Waals surface area (Å²) in [5, 5.41) is 0. The summed E-state index contributed by atoms with van der Waals surface area (Å²) in [6.45, 7) is 36.8. The monoisotopic (exact) mass is 793 g/mol. The van der Waals surface area contributed by atoms with Gasteiger partial charge in [-0.15, -0.1) is 0 Å². The summed E-state index contributed by atoms with van der Waals surface area (Å²) in [5.74, 6) is 0. The number of benzene rings is 5. The maximum Gasteiger partial charge on any atom is 0.252 e. The zero-order chi connectivity index (χ0) is 42.9. The lowest BCUT2D eigenvalue weighted by atomic mass is 9.32. The van der Waals surface area contributed by atoms with Crippen LogP contribution in [-0.4, -0.2) is 6.71 Å². The number of hydrogen-bond donors (Lipinski definition) is 0. The first-order chi connectivity index (χ1) is 27.9. The fourth-order valence-corrected chi connectivity index (χ4v) is 12.6. The molecule has 3 heteroatoms. The van der Waals surface area contributed by atoms with Crippen molar-refractivity contribution in [2.45, 2.75) is 175 Å². The number of fused-ring (bicyclic) bond motifs is 7. The van der Waals surface area contributed by atoms with Crippen LogP contribution in [0.15, 0.2) is 72.8 Å². The third kappa shape index (κ3) is 5.65. The maximum absolute atomic E-state index is 2.71. The van der Waals surface area contributed by atoms with E-state index in [4.69, 9.17) is 0 Å². The standard InChI is InChI=1S/C57H69BN2/c1-34-16-19-46(36(3)26-34)60-48-33-43-41(55(10,11)23-25-57(43,14)15)31-45(48)58-44-30-40-42(56(12,13)24-22-54(40,8)9)32-47(44)59(49-27-35(2)28-50(60)51(49)58)37-17-18-38-39(29-37)53(6,7)21-20-52(38,4)5/h16-19,26-33H,20-25H2,1-15H3. The Morgan fingerprint density at radius 3 is 1.27 bits per heavy atom. The summed E-state index contributed by atoms with van der Waals surface area (Å²) in [6.07, 6.45) is 7.21. The number of aryl methyl sites for hydroxylation is 3. The van der Waals surface area contributed by atoms with Gasteiger partial charge in [0.2, 0.25) is 0 Å². The molecule has 2 nitrogen and oxygen atoms in total. The van der Waals surface area contributed by atoms with Crippen LogP contribution in [0.3, 0.4) is 0 Å². The summed E-state index contributed by atoms with van der Waals surface area (Å²) in [6, 6.07) is 30.4. The summed E-state index contributed by atoms with van der Waals surface area (Å²) >= 11 is 0. The zero-order valence-corrected chi connectivity index (χ0v) is 39.6. The average molecular weight is 793 g/mol. The first-order valence-corrected chi connectivity index (χ1v) is 23.3. The molecule has 0 amide bonds. The van der Waals surface area contributed by atoms with Crippen LogP contribution in [0.25, 0.3) is 0 Å². The van der Waals surface area contributed by atoms with Gasteiger partial charge in [-0.3, -0.25) is 0 Å². The SMILES string of the molecule is Cc1ccc(N2c3cc4c(cc3B3c5cc6c(cc5N(c5ccc7c(c5)C(C)(C)CCC7(C)C)c5cc(C)cc2c53)C(C)(C)CCC6(C)C)C(C)(C)CCC4(C)C)c(C)c1. The first kappa shape index (κ1) is 39.9. The van der Waals surface area contributed by atoms with Gasteiger partial charge in [0.05, 0.1) is 0 Å². The van der Waals surface area contributed by atoms with Crippen molar-refractivity contribution in [3.63, 3.8) is 0 Å². The molecule has 10 rings (SSSR count). The molecule has 0 unspecified atom stereocenters. The Labute approximate surface area is 363 Å². The van der Waals surface area contributed by atoms with E-state index in [1.54, 1.807) is 5.56 Å². The Kier molecular flexibility index (Phi) is 8.27. The maximum atomic E-state index is 2.71. The highest BCUT2D eigenvalue weighted by atomic mass is 15.2. The predicted molar refractivity (Wildman–Crippen MR) is 261 cm³/mol. The zero-order valence-electron chi connectivity index (χ0n) is 39.6. The van der Waals surface area contributed by atoms with E-state index in [1.165, 1.54) is 134 Å². The van der Waals surface area contributed by atoms with E-state index < -0.39 is 0 Å². The lowest BCUT2D eigenvalue weighted by molar-refractivity contribution is 0.332. The van der Waals surface area contributed by atoms with Gasteiger partial charge in [0.15, 0.2) is 0 Å². The van der Waals surface area contributed by atoms with Gasteiger partial charge >= 0.3 is 0 Å². The highest BCUT2D eigenvalue weighted by Crippen LogP contribution is 2.54. The van der Waals surface area contributed by atoms with Crippen molar-refractivity contribution in [2.24, 2.45) is 0 Å². The number of anilines is 6. The molecule has 0 spiro atoms. The van der Waals surface area contributed by atoms with Gasteiger partial charge in [-0.2, -0.15) is 0 Å². The summed E-state index contributed by atoms with van der Waals surface area (Å²) in [4.78, 5) is 5.39. The van der Waals surface area contributed by atoms with Gasteiger partial charge in [0.25, 0.3) is 6.71 Å².